The van der Waals surface area contributed by atoms with Gasteiger partial charge in [-0.2, -0.15) is 8.78 Å². The Morgan fingerprint density at radius 2 is 1.61 bits per heavy atom. The van der Waals surface area contributed by atoms with Crippen LogP contribution in [-0.4, -0.2) is 41.8 Å². The Morgan fingerprint density at radius 1 is 1.00 bits per heavy atom. The minimum Gasteiger partial charge on any atom is -0.481 e. The molecule has 1 heterocycles. The normalized spacial score (nSPS) is 13.3. The molecule has 0 unspecified atom stereocenters. The molecule has 0 bridgehead atoms. The van der Waals surface area contributed by atoms with Gasteiger partial charge in [0.2, 0.25) is 0 Å². The van der Waals surface area contributed by atoms with Crippen molar-refractivity contribution in [2.24, 2.45) is 0 Å². The molecule has 0 saturated heterocycles. The maximum atomic E-state index is 14.4. The van der Waals surface area contributed by atoms with Gasteiger partial charge in [0.25, 0.3) is 5.92 Å². The van der Waals surface area contributed by atoms with Gasteiger partial charge in [-0.25, -0.2) is 0 Å². The Balaban J connectivity index is 0.000000366. The number of halogens is 3. The fourth-order valence-corrected chi connectivity index (χ4v) is 3.38. The molecule has 31 heavy (non-hydrogen) atoms. The van der Waals surface area contributed by atoms with Crippen LogP contribution >= 0.6 is 11.6 Å². The number of carboxylic acids is 2. The fourth-order valence-electron chi connectivity index (χ4n) is 3.13. The van der Waals surface area contributed by atoms with Gasteiger partial charge in [0.05, 0.1) is 30.1 Å². The SMILES string of the molecule is FC(F)(CNc1c(Cl)ccc2c1CCNCC2)c1ccccc1.O=C(O)CCC(=O)O. The third-order valence-corrected chi connectivity index (χ3v) is 5.03. The maximum absolute atomic E-state index is 14.4. The Labute approximate surface area is 184 Å². The van der Waals surface area contributed by atoms with E-state index in [1.54, 1.807) is 24.3 Å². The molecule has 0 atom stereocenters. The molecule has 168 valence electrons. The third kappa shape index (κ3) is 7.80. The highest BCUT2D eigenvalue weighted by atomic mass is 35.5. The summed E-state index contributed by atoms with van der Waals surface area (Å²) in [5.74, 6) is -5.10. The first-order chi connectivity index (χ1) is 14.7. The molecule has 4 N–H and O–H groups in total. The first-order valence-corrected chi connectivity index (χ1v) is 10.2. The van der Waals surface area contributed by atoms with Crippen molar-refractivity contribution in [2.75, 3.05) is 25.0 Å². The molecule has 2 aromatic rings. The van der Waals surface area contributed by atoms with Crippen molar-refractivity contribution < 1.29 is 28.6 Å². The van der Waals surface area contributed by atoms with Crippen LogP contribution in [0.1, 0.15) is 29.5 Å². The number of nitrogens with one attached hydrogen (secondary N) is 2. The summed E-state index contributed by atoms with van der Waals surface area (Å²) in [5.41, 5.74) is 2.87. The Kier molecular flexibility index (Phi) is 9.21. The third-order valence-electron chi connectivity index (χ3n) is 4.72. The summed E-state index contributed by atoms with van der Waals surface area (Å²) in [6.07, 6.45) is 1.08. The lowest BCUT2D eigenvalue weighted by Crippen LogP contribution is -2.25. The average molecular weight is 455 g/mol. The van der Waals surface area contributed by atoms with Crippen LogP contribution in [0, 0.1) is 0 Å². The topological polar surface area (TPSA) is 98.7 Å². The minimum atomic E-state index is -2.95. The average Bonchev–Trinajstić information content (AvgIpc) is 2.98. The molecule has 0 radical (unpaired) electrons. The van der Waals surface area contributed by atoms with E-state index in [9.17, 15) is 18.4 Å². The number of carboxylic acid groups (broad SMARTS) is 2. The van der Waals surface area contributed by atoms with Crippen molar-refractivity contribution in [1.82, 2.24) is 5.32 Å². The van der Waals surface area contributed by atoms with Crippen molar-refractivity contribution in [3.63, 3.8) is 0 Å². The lowest BCUT2D eigenvalue weighted by atomic mass is 10.0. The monoisotopic (exact) mass is 454 g/mol. The van der Waals surface area contributed by atoms with E-state index < -0.39 is 24.4 Å². The number of hydrogen-bond acceptors (Lipinski definition) is 4. The van der Waals surface area contributed by atoms with Gasteiger partial charge in [0.15, 0.2) is 0 Å². The van der Waals surface area contributed by atoms with E-state index in [1.165, 1.54) is 17.7 Å². The second kappa shape index (κ2) is 11.6. The molecule has 1 aliphatic heterocycles. The zero-order chi connectivity index (χ0) is 22.9. The number of alkyl halides is 2. The highest BCUT2D eigenvalue weighted by molar-refractivity contribution is 6.33. The van der Waals surface area contributed by atoms with Crippen LogP contribution in [0.3, 0.4) is 0 Å². The van der Waals surface area contributed by atoms with E-state index >= 15 is 0 Å². The molecule has 9 heteroatoms. The Bertz CT molecular complexity index is 881. The Hall–Kier alpha value is -2.71. The summed E-state index contributed by atoms with van der Waals surface area (Å²) in [6, 6.07) is 11.6. The predicted octanol–water partition coefficient (Wildman–Crippen LogP) is 4.17. The summed E-state index contributed by atoms with van der Waals surface area (Å²) in [7, 11) is 0. The molecule has 0 saturated carbocycles. The molecule has 2 aromatic carbocycles. The maximum Gasteiger partial charge on any atom is 0.303 e. The molecular weight excluding hydrogens is 430 g/mol. The summed E-state index contributed by atoms with van der Waals surface area (Å²) in [4.78, 5) is 19.3. The highest BCUT2D eigenvalue weighted by Gasteiger charge is 2.31. The highest BCUT2D eigenvalue weighted by Crippen LogP contribution is 2.33. The first-order valence-electron chi connectivity index (χ1n) is 9.82. The van der Waals surface area contributed by atoms with E-state index in [1.807, 2.05) is 6.07 Å². The van der Waals surface area contributed by atoms with Crippen LogP contribution < -0.4 is 10.6 Å². The van der Waals surface area contributed by atoms with Crippen LogP contribution in [0.4, 0.5) is 14.5 Å². The van der Waals surface area contributed by atoms with Crippen molar-refractivity contribution in [1.29, 1.82) is 0 Å². The first kappa shape index (κ1) is 24.6. The molecule has 1 aliphatic rings. The van der Waals surface area contributed by atoms with Gasteiger partial charge in [-0.1, -0.05) is 48.0 Å². The van der Waals surface area contributed by atoms with Crippen molar-refractivity contribution in [3.8, 4) is 0 Å². The molecule has 0 amide bonds. The molecule has 0 spiro atoms. The summed E-state index contributed by atoms with van der Waals surface area (Å²) in [6.45, 7) is 1.26. The second-order valence-electron chi connectivity index (χ2n) is 7.02. The van der Waals surface area contributed by atoms with Crippen LogP contribution in [0.2, 0.25) is 5.02 Å². The van der Waals surface area contributed by atoms with Gasteiger partial charge in [-0.05, 0) is 43.1 Å². The number of aliphatic carboxylic acids is 2. The summed E-state index contributed by atoms with van der Waals surface area (Å²) in [5, 5.41) is 22.5. The van der Waals surface area contributed by atoms with Gasteiger partial charge >= 0.3 is 11.9 Å². The molecular formula is C22H25ClF2N2O4. The zero-order valence-electron chi connectivity index (χ0n) is 16.8. The lowest BCUT2D eigenvalue weighted by Gasteiger charge is -2.21. The van der Waals surface area contributed by atoms with Crippen LogP contribution in [-0.2, 0) is 28.4 Å². The standard InChI is InChI=1S/C18H19ClF2N2.C4H6O4/c19-16-7-6-13-8-10-22-11-9-15(13)17(16)23-12-18(20,21)14-4-2-1-3-5-14;5-3(6)1-2-4(7)8/h1-7,22-23H,8-12H2;1-2H2,(H,5,6)(H,7,8). The van der Waals surface area contributed by atoms with Gasteiger partial charge in [-0.3, -0.25) is 9.59 Å². The number of fused-ring (bicyclic) bond motifs is 1. The van der Waals surface area contributed by atoms with Gasteiger partial charge < -0.3 is 20.8 Å². The zero-order valence-corrected chi connectivity index (χ0v) is 17.6. The molecule has 6 nitrogen and oxygen atoms in total. The van der Waals surface area contributed by atoms with E-state index in [0.717, 1.165) is 31.5 Å². The van der Waals surface area contributed by atoms with Gasteiger partial charge in [-0.15, -0.1) is 0 Å². The quantitative estimate of drug-likeness (QED) is 0.501. The summed E-state index contributed by atoms with van der Waals surface area (Å²) >= 11 is 6.26. The fraction of sp³-hybridized carbons (Fsp3) is 0.364. The van der Waals surface area contributed by atoms with Gasteiger partial charge in [0, 0.05) is 5.56 Å². The number of carbonyl (C=O) groups is 2. The van der Waals surface area contributed by atoms with E-state index in [0.29, 0.717) is 10.7 Å². The van der Waals surface area contributed by atoms with E-state index in [4.69, 9.17) is 21.8 Å². The number of benzene rings is 2. The van der Waals surface area contributed by atoms with E-state index in [-0.39, 0.29) is 18.4 Å². The Morgan fingerprint density at radius 3 is 2.23 bits per heavy atom. The predicted molar refractivity (Wildman–Crippen MR) is 115 cm³/mol. The summed E-state index contributed by atoms with van der Waals surface area (Å²) < 4.78 is 28.7. The van der Waals surface area contributed by atoms with Crippen molar-refractivity contribution in [2.45, 2.75) is 31.6 Å². The minimum absolute atomic E-state index is 0.00677. The number of hydrogen-bond donors (Lipinski definition) is 4. The lowest BCUT2D eigenvalue weighted by molar-refractivity contribution is -0.143. The molecule has 0 aromatic heterocycles. The van der Waals surface area contributed by atoms with Crippen LogP contribution in [0.25, 0.3) is 0 Å². The second-order valence-corrected chi connectivity index (χ2v) is 7.43. The smallest absolute Gasteiger partial charge is 0.303 e. The number of anilines is 1. The van der Waals surface area contributed by atoms with Crippen LogP contribution in [0.15, 0.2) is 42.5 Å². The van der Waals surface area contributed by atoms with Crippen molar-refractivity contribution in [3.05, 3.63) is 64.2 Å². The largest absolute Gasteiger partial charge is 0.481 e. The van der Waals surface area contributed by atoms with Crippen LogP contribution in [0.5, 0.6) is 0 Å². The number of rotatable bonds is 7. The molecule has 3 rings (SSSR count). The van der Waals surface area contributed by atoms with E-state index in [2.05, 4.69) is 10.6 Å². The van der Waals surface area contributed by atoms with Gasteiger partial charge in [0.1, 0.15) is 0 Å². The van der Waals surface area contributed by atoms with Crippen molar-refractivity contribution >= 4 is 29.2 Å². The molecule has 0 fully saturated rings. The molecule has 0 aliphatic carbocycles.